The molecule has 0 bridgehead atoms. The van der Waals surface area contributed by atoms with Gasteiger partial charge in [0.15, 0.2) is 5.82 Å². The minimum absolute atomic E-state index is 0.133. The molecule has 0 unspecified atom stereocenters. The van der Waals surface area contributed by atoms with E-state index >= 15 is 0 Å². The lowest BCUT2D eigenvalue weighted by Crippen LogP contribution is -2.37. The molecule has 1 aliphatic carbocycles. The fraction of sp³-hybridized carbons (Fsp3) is 0.370. The fourth-order valence-electron chi connectivity index (χ4n) is 4.54. The van der Waals surface area contributed by atoms with E-state index in [1.165, 1.54) is 6.07 Å². The largest absolute Gasteiger partial charge is 0.432 e. The highest BCUT2D eigenvalue weighted by Gasteiger charge is 2.44. The Morgan fingerprint density at radius 2 is 1.60 bits per heavy atom. The van der Waals surface area contributed by atoms with Crippen molar-refractivity contribution in [2.24, 2.45) is 5.92 Å². The molecule has 4 rings (SSSR count). The molecule has 0 N–H and O–H groups in total. The van der Waals surface area contributed by atoms with Crippen LogP contribution in [0.5, 0.6) is 5.75 Å². The predicted molar refractivity (Wildman–Crippen MR) is 123 cm³/mol. The van der Waals surface area contributed by atoms with E-state index in [9.17, 15) is 17.6 Å². The van der Waals surface area contributed by atoms with Gasteiger partial charge in [0.05, 0.1) is 5.92 Å². The highest BCUT2D eigenvalue weighted by Crippen LogP contribution is 2.43. The molecule has 0 aliphatic heterocycles. The van der Waals surface area contributed by atoms with Gasteiger partial charge < -0.3 is 4.74 Å². The SMILES string of the molecule is CCCc1cnc(-c2ccc(C3CCC(C(F)(F)Oc4cc(F)c(C#N)c(F)c4)CC3)cc2)nc1. The third-order valence-corrected chi connectivity index (χ3v) is 6.47. The Hall–Kier alpha value is -3.47. The van der Waals surface area contributed by atoms with E-state index in [4.69, 9.17) is 10.00 Å². The summed E-state index contributed by atoms with van der Waals surface area (Å²) in [6.45, 7) is 2.10. The molecule has 2 aromatic carbocycles. The second-order valence-electron chi connectivity index (χ2n) is 8.87. The molecular formula is C27H25F4N3O. The van der Waals surface area contributed by atoms with E-state index in [1.807, 2.05) is 36.7 Å². The van der Waals surface area contributed by atoms with Gasteiger partial charge in [-0.1, -0.05) is 37.6 Å². The maximum Gasteiger partial charge on any atom is 0.400 e. The zero-order valence-electron chi connectivity index (χ0n) is 19.3. The number of nitriles is 1. The number of benzene rings is 2. The average molecular weight is 484 g/mol. The van der Waals surface area contributed by atoms with E-state index in [-0.39, 0.29) is 18.8 Å². The topological polar surface area (TPSA) is 58.8 Å². The molecular weight excluding hydrogens is 458 g/mol. The number of hydrogen-bond donors (Lipinski definition) is 0. The third-order valence-electron chi connectivity index (χ3n) is 6.47. The minimum atomic E-state index is -3.58. The van der Waals surface area contributed by atoms with Crippen LogP contribution in [0, 0.1) is 28.9 Å². The Morgan fingerprint density at radius 3 is 2.14 bits per heavy atom. The van der Waals surface area contributed by atoms with Crippen molar-refractivity contribution in [2.45, 2.75) is 57.5 Å². The van der Waals surface area contributed by atoms with Crippen LogP contribution >= 0.6 is 0 Å². The van der Waals surface area contributed by atoms with Crippen LogP contribution in [0.15, 0.2) is 48.8 Å². The van der Waals surface area contributed by atoms with Crippen molar-refractivity contribution in [1.29, 1.82) is 5.26 Å². The van der Waals surface area contributed by atoms with Crippen molar-refractivity contribution in [2.75, 3.05) is 0 Å². The molecule has 1 aliphatic rings. The van der Waals surface area contributed by atoms with Crippen LogP contribution in [-0.4, -0.2) is 16.1 Å². The number of rotatable bonds is 7. The minimum Gasteiger partial charge on any atom is -0.432 e. The molecule has 1 aromatic heterocycles. The van der Waals surface area contributed by atoms with Gasteiger partial charge in [0.1, 0.15) is 29.0 Å². The van der Waals surface area contributed by atoms with Crippen molar-refractivity contribution < 1.29 is 22.3 Å². The molecule has 0 amide bonds. The summed E-state index contributed by atoms with van der Waals surface area (Å²) >= 11 is 0. The normalized spacial score (nSPS) is 18.2. The van der Waals surface area contributed by atoms with Crippen LogP contribution in [0.25, 0.3) is 11.4 Å². The lowest BCUT2D eigenvalue weighted by Gasteiger charge is -2.33. The lowest BCUT2D eigenvalue weighted by molar-refractivity contribution is -0.222. The summed E-state index contributed by atoms with van der Waals surface area (Å²) in [6.07, 6.45) is 3.57. The Kier molecular flexibility index (Phi) is 7.34. The Labute approximate surface area is 201 Å². The molecule has 1 fully saturated rings. The summed E-state index contributed by atoms with van der Waals surface area (Å²) in [5, 5.41) is 8.72. The Bertz CT molecular complexity index is 1180. The lowest BCUT2D eigenvalue weighted by atomic mass is 9.78. The highest BCUT2D eigenvalue weighted by molar-refractivity contribution is 5.55. The first-order valence-electron chi connectivity index (χ1n) is 11.7. The summed E-state index contributed by atoms with van der Waals surface area (Å²) in [4.78, 5) is 8.86. The van der Waals surface area contributed by atoms with Gasteiger partial charge in [-0.3, -0.25) is 0 Å². The van der Waals surface area contributed by atoms with Gasteiger partial charge in [-0.15, -0.1) is 0 Å². The second kappa shape index (κ2) is 10.4. The molecule has 3 aromatic rings. The third kappa shape index (κ3) is 5.61. The molecule has 0 spiro atoms. The zero-order chi connectivity index (χ0) is 25.0. The number of halogens is 4. The highest BCUT2D eigenvalue weighted by atomic mass is 19.3. The summed E-state index contributed by atoms with van der Waals surface area (Å²) < 4.78 is 61.7. The maximum absolute atomic E-state index is 14.7. The quantitative estimate of drug-likeness (QED) is 0.334. The molecule has 0 atom stereocenters. The van der Waals surface area contributed by atoms with Crippen LogP contribution < -0.4 is 4.74 Å². The van der Waals surface area contributed by atoms with Crippen molar-refractivity contribution in [3.63, 3.8) is 0 Å². The van der Waals surface area contributed by atoms with Crippen LogP contribution in [0.2, 0.25) is 0 Å². The van der Waals surface area contributed by atoms with Crippen LogP contribution in [0.1, 0.15) is 61.6 Å². The summed E-state index contributed by atoms with van der Waals surface area (Å²) in [5.41, 5.74) is 2.23. The van der Waals surface area contributed by atoms with Crippen molar-refractivity contribution in [1.82, 2.24) is 9.97 Å². The van der Waals surface area contributed by atoms with Gasteiger partial charge in [-0.05, 0) is 49.1 Å². The van der Waals surface area contributed by atoms with Crippen molar-refractivity contribution in [3.8, 4) is 23.2 Å². The molecule has 1 heterocycles. The zero-order valence-corrected chi connectivity index (χ0v) is 19.3. The van der Waals surface area contributed by atoms with Crippen LogP contribution in [0.3, 0.4) is 0 Å². The fourth-order valence-corrected chi connectivity index (χ4v) is 4.54. The predicted octanol–water partition coefficient (Wildman–Crippen LogP) is 7.19. The molecule has 182 valence electrons. The average Bonchev–Trinajstić information content (AvgIpc) is 2.85. The first-order valence-corrected chi connectivity index (χ1v) is 11.7. The first kappa shape index (κ1) is 24.6. The number of ether oxygens (including phenoxy) is 1. The second-order valence-corrected chi connectivity index (χ2v) is 8.87. The summed E-state index contributed by atoms with van der Waals surface area (Å²) in [6, 6.07) is 10.5. The molecule has 0 radical (unpaired) electrons. The molecule has 1 saturated carbocycles. The molecule has 0 saturated heterocycles. The Morgan fingerprint density at radius 1 is 1.00 bits per heavy atom. The smallest absolute Gasteiger partial charge is 0.400 e. The van der Waals surface area contributed by atoms with Gasteiger partial charge in [0, 0.05) is 30.1 Å². The maximum atomic E-state index is 14.7. The molecule has 35 heavy (non-hydrogen) atoms. The number of hydrogen-bond acceptors (Lipinski definition) is 4. The van der Waals surface area contributed by atoms with Crippen LogP contribution in [0.4, 0.5) is 17.6 Å². The summed E-state index contributed by atoms with van der Waals surface area (Å²) in [5.74, 6) is -3.39. The standard InChI is InChI=1S/C27H25F4N3O/c1-2-3-17-15-33-26(34-16-17)20-6-4-18(5-7-20)19-8-10-21(11-9-19)27(30,31)35-22-12-24(28)23(14-32)25(29)13-22/h4-7,12-13,15-16,19,21H,2-3,8-11H2,1H3. The number of aromatic nitrogens is 2. The Balaban J connectivity index is 1.37. The van der Waals surface area contributed by atoms with Gasteiger partial charge in [-0.25, -0.2) is 18.7 Å². The van der Waals surface area contributed by atoms with E-state index < -0.39 is 35.0 Å². The van der Waals surface area contributed by atoms with Crippen molar-refractivity contribution >= 4 is 0 Å². The van der Waals surface area contributed by atoms with E-state index in [2.05, 4.69) is 16.9 Å². The van der Waals surface area contributed by atoms with Gasteiger partial charge in [0.2, 0.25) is 0 Å². The van der Waals surface area contributed by atoms with Crippen molar-refractivity contribution in [3.05, 3.63) is 77.1 Å². The number of alkyl halides is 2. The monoisotopic (exact) mass is 483 g/mol. The molecule has 4 nitrogen and oxygen atoms in total. The van der Waals surface area contributed by atoms with Crippen LogP contribution in [-0.2, 0) is 6.42 Å². The van der Waals surface area contributed by atoms with E-state index in [1.54, 1.807) is 0 Å². The first-order chi connectivity index (χ1) is 16.8. The van der Waals surface area contributed by atoms with Gasteiger partial charge in [0.25, 0.3) is 0 Å². The number of aryl methyl sites for hydroxylation is 1. The summed E-state index contributed by atoms with van der Waals surface area (Å²) in [7, 11) is 0. The molecule has 8 heteroatoms. The van der Waals surface area contributed by atoms with E-state index in [0.29, 0.717) is 30.8 Å². The number of nitrogens with zero attached hydrogens (tertiary/aromatic N) is 3. The van der Waals surface area contributed by atoms with E-state index in [0.717, 1.165) is 29.5 Å². The van der Waals surface area contributed by atoms with Gasteiger partial charge >= 0.3 is 6.11 Å². The van der Waals surface area contributed by atoms with Gasteiger partial charge in [-0.2, -0.15) is 14.0 Å².